The van der Waals surface area contributed by atoms with Crippen LogP contribution in [0.1, 0.15) is 10.4 Å². The van der Waals surface area contributed by atoms with Gasteiger partial charge in [-0.1, -0.05) is 12.1 Å². The quantitative estimate of drug-likeness (QED) is 0.898. The number of carboxylic acids is 1. The summed E-state index contributed by atoms with van der Waals surface area (Å²) in [4.78, 5) is 13.0. The fourth-order valence-electron chi connectivity index (χ4n) is 1.84. The van der Waals surface area contributed by atoms with E-state index in [0.29, 0.717) is 5.69 Å². The van der Waals surface area contributed by atoms with Gasteiger partial charge in [0.05, 0.1) is 11.3 Å². The summed E-state index contributed by atoms with van der Waals surface area (Å²) in [7, 11) is 3.79. The predicted molar refractivity (Wildman–Crippen MR) is 77.4 cm³/mol. The second-order valence-corrected chi connectivity index (χ2v) is 4.54. The molecule has 0 spiro atoms. The van der Waals surface area contributed by atoms with Gasteiger partial charge in [0.15, 0.2) is 0 Å². The third-order valence-corrected chi connectivity index (χ3v) is 2.88. The molecule has 0 saturated heterocycles. The highest BCUT2D eigenvalue weighted by atomic mass is 19.1. The van der Waals surface area contributed by atoms with Gasteiger partial charge in [-0.2, -0.15) is 0 Å². The number of hydrogen-bond acceptors (Lipinski definition) is 3. The maximum absolute atomic E-state index is 13.8. The smallest absolute Gasteiger partial charge is 0.337 e. The second-order valence-electron chi connectivity index (χ2n) is 4.54. The van der Waals surface area contributed by atoms with Crippen molar-refractivity contribution in [2.24, 2.45) is 0 Å². The highest BCUT2D eigenvalue weighted by molar-refractivity contribution is 5.95. The number of halogens is 1. The number of hydrogen-bond donors (Lipinski definition) is 2. The van der Waals surface area contributed by atoms with E-state index in [2.05, 4.69) is 5.32 Å². The molecule has 2 aromatic rings. The third kappa shape index (κ3) is 2.88. The van der Waals surface area contributed by atoms with Crippen LogP contribution in [-0.2, 0) is 0 Å². The Hall–Kier alpha value is -2.56. The first-order valence-electron chi connectivity index (χ1n) is 6.05. The van der Waals surface area contributed by atoms with Crippen LogP contribution in [0.4, 0.5) is 21.5 Å². The van der Waals surface area contributed by atoms with Crippen molar-refractivity contribution in [2.75, 3.05) is 24.3 Å². The average molecular weight is 274 g/mol. The highest BCUT2D eigenvalue weighted by Crippen LogP contribution is 2.26. The van der Waals surface area contributed by atoms with E-state index in [1.54, 1.807) is 6.07 Å². The largest absolute Gasteiger partial charge is 0.478 e. The molecule has 0 unspecified atom stereocenters. The normalized spacial score (nSPS) is 10.2. The van der Waals surface area contributed by atoms with Crippen LogP contribution in [0, 0.1) is 5.82 Å². The van der Waals surface area contributed by atoms with Crippen LogP contribution in [-0.4, -0.2) is 25.2 Å². The van der Waals surface area contributed by atoms with Crippen molar-refractivity contribution in [3.05, 3.63) is 53.8 Å². The Labute approximate surface area is 116 Å². The number of carbonyl (C=O) groups is 1. The Morgan fingerprint density at radius 3 is 2.55 bits per heavy atom. The molecular weight excluding hydrogens is 259 g/mol. The van der Waals surface area contributed by atoms with Gasteiger partial charge in [0, 0.05) is 25.5 Å². The lowest BCUT2D eigenvalue weighted by atomic mass is 10.1. The monoisotopic (exact) mass is 274 g/mol. The molecular formula is C15H15FN2O2. The van der Waals surface area contributed by atoms with E-state index < -0.39 is 11.8 Å². The van der Waals surface area contributed by atoms with Crippen molar-refractivity contribution < 1.29 is 14.3 Å². The minimum atomic E-state index is -1.17. The Kier molecular flexibility index (Phi) is 3.89. The fourth-order valence-corrected chi connectivity index (χ4v) is 1.84. The van der Waals surface area contributed by atoms with Gasteiger partial charge in [-0.25, -0.2) is 9.18 Å². The minimum Gasteiger partial charge on any atom is -0.478 e. The van der Waals surface area contributed by atoms with E-state index in [0.717, 1.165) is 5.69 Å². The predicted octanol–water partition coefficient (Wildman–Crippen LogP) is 3.33. The molecule has 0 heterocycles. The minimum absolute atomic E-state index is 0.0316. The number of aromatic carboxylic acids is 1. The molecule has 4 nitrogen and oxygen atoms in total. The van der Waals surface area contributed by atoms with Crippen molar-refractivity contribution >= 4 is 23.0 Å². The van der Waals surface area contributed by atoms with Crippen molar-refractivity contribution in [1.82, 2.24) is 0 Å². The van der Waals surface area contributed by atoms with E-state index in [4.69, 9.17) is 5.11 Å². The summed E-state index contributed by atoms with van der Waals surface area (Å²) in [5, 5.41) is 11.9. The molecule has 0 aromatic heterocycles. The number of nitrogens with zero attached hydrogens (tertiary/aromatic N) is 1. The molecule has 2 aromatic carbocycles. The Morgan fingerprint density at radius 2 is 1.90 bits per heavy atom. The molecule has 0 bridgehead atoms. The Bertz CT molecular complexity index is 642. The lowest BCUT2D eigenvalue weighted by Gasteiger charge is -2.15. The standard InChI is InChI=1S/C15H15FN2O2/c1-18(2)11-6-3-5-10(9-11)17-14-12(15(19)20)7-4-8-13(14)16/h3-9,17H,1-2H3,(H,19,20). The molecule has 0 aliphatic rings. The molecule has 104 valence electrons. The van der Waals surface area contributed by atoms with E-state index in [-0.39, 0.29) is 11.3 Å². The van der Waals surface area contributed by atoms with Crippen LogP contribution in [0.15, 0.2) is 42.5 Å². The van der Waals surface area contributed by atoms with Crippen LogP contribution >= 0.6 is 0 Å². The number of nitrogens with one attached hydrogen (secondary N) is 1. The highest BCUT2D eigenvalue weighted by Gasteiger charge is 2.14. The number of para-hydroxylation sites is 1. The summed E-state index contributed by atoms with van der Waals surface area (Å²) < 4.78 is 13.8. The zero-order valence-corrected chi connectivity index (χ0v) is 11.2. The molecule has 0 saturated carbocycles. The van der Waals surface area contributed by atoms with Gasteiger partial charge in [-0.15, -0.1) is 0 Å². The van der Waals surface area contributed by atoms with Crippen molar-refractivity contribution in [3.8, 4) is 0 Å². The Balaban J connectivity index is 2.40. The summed E-state index contributed by atoms with van der Waals surface area (Å²) >= 11 is 0. The van der Waals surface area contributed by atoms with Crippen molar-refractivity contribution in [2.45, 2.75) is 0 Å². The SMILES string of the molecule is CN(C)c1cccc(Nc2c(F)cccc2C(=O)O)c1. The molecule has 0 atom stereocenters. The molecule has 20 heavy (non-hydrogen) atoms. The maximum Gasteiger partial charge on any atom is 0.337 e. The lowest BCUT2D eigenvalue weighted by Crippen LogP contribution is -2.09. The van der Waals surface area contributed by atoms with Crippen molar-refractivity contribution in [3.63, 3.8) is 0 Å². The van der Waals surface area contributed by atoms with Gasteiger partial charge in [-0.05, 0) is 30.3 Å². The van der Waals surface area contributed by atoms with Crippen molar-refractivity contribution in [1.29, 1.82) is 0 Å². The first kappa shape index (κ1) is 13.9. The van der Waals surface area contributed by atoms with E-state index >= 15 is 0 Å². The zero-order chi connectivity index (χ0) is 14.7. The summed E-state index contributed by atoms with van der Waals surface area (Å²) in [5.41, 5.74) is 1.43. The molecule has 0 aliphatic heterocycles. The van der Waals surface area contributed by atoms with Gasteiger partial charge in [-0.3, -0.25) is 0 Å². The fraction of sp³-hybridized carbons (Fsp3) is 0.133. The zero-order valence-electron chi connectivity index (χ0n) is 11.2. The van der Waals surface area contributed by atoms with Gasteiger partial charge < -0.3 is 15.3 Å². The van der Waals surface area contributed by atoms with Gasteiger partial charge in [0.2, 0.25) is 0 Å². The van der Waals surface area contributed by atoms with E-state index in [1.165, 1.54) is 18.2 Å². The van der Waals surface area contributed by atoms with E-state index in [9.17, 15) is 9.18 Å². The first-order chi connectivity index (χ1) is 9.49. The van der Waals surface area contributed by atoms with Gasteiger partial charge >= 0.3 is 5.97 Å². The topological polar surface area (TPSA) is 52.6 Å². The second kappa shape index (κ2) is 5.61. The van der Waals surface area contributed by atoms with Crippen LogP contribution in [0.2, 0.25) is 0 Å². The summed E-state index contributed by atoms with van der Waals surface area (Å²) in [6.07, 6.45) is 0. The number of anilines is 3. The number of rotatable bonds is 4. The van der Waals surface area contributed by atoms with Crippen LogP contribution < -0.4 is 10.2 Å². The van der Waals surface area contributed by atoms with Crippen LogP contribution in [0.25, 0.3) is 0 Å². The number of benzene rings is 2. The molecule has 0 fully saturated rings. The number of carboxylic acid groups (broad SMARTS) is 1. The van der Waals surface area contributed by atoms with E-state index in [1.807, 2.05) is 37.2 Å². The van der Waals surface area contributed by atoms with Gasteiger partial charge in [0.25, 0.3) is 0 Å². The summed E-state index contributed by atoms with van der Waals surface area (Å²) in [6.45, 7) is 0. The molecule has 0 aliphatic carbocycles. The molecule has 0 amide bonds. The first-order valence-corrected chi connectivity index (χ1v) is 6.05. The third-order valence-electron chi connectivity index (χ3n) is 2.88. The molecule has 2 rings (SSSR count). The van der Waals surface area contributed by atoms with Crippen LogP contribution in [0.3, 0.4) is 0 Å². The van der Waals surface area contributed by atoms with Crippen LogP contribution in [0.5, 0.6) is 0 Å². The Morgan fingerprint density at radius 1 is 1.20 bits per heavy atom. The molecule has 0 radical (unpaired) electrons. The van der Waals surface area contributed by atoms with Gasteiger partial charge in [0.1, 0.15) is 5.82 Å². The molecule has 5 heteroatoms. The lowest BCUT2D eigenvalue weighted by molar-refractivity contribution is 0.0697. The summed E-state index contributed by atoms with van der Waals surface area (Å²) in [5.74, 6) is -1.77. The molecule has 2 N–H and O–H groups in total. The average Bonchev–Trinajstić information content (AvgIpc) is 2.41. The summed E-state index contributed by atoms with van der Waals surface area (Å²) in [6, 6.07) is 11.3. The maximum atomic E-state index is 13.8.